The van der Waals surface area contributed by atoms with Gasteiger partial charge in [0.05, 0.1) is 32.1 Å². The molecule has 0 saturated carbocycles. The van der Waals surface area contributed by atoms with Crippen LogP contribution in [0, 0.1) is 37.3 Å². The Hall–Kier alpha value is -7.74. The Labute approximate surface area is 423 Å². The van der Waals surface area contributed by atoms with E-state index in [1.807, 2.05) is 48.5 Å². The van der Waals surface area contributed by atoms with Crippen molar-refractivity contribution in [1.82, 2.24) is 15.0 Å². The van der Waals surface area contributed by atoms with E-state index in [1.165, 1.54) is 24.3 Å². The van der Waals surface area contributed by atoms with Crippen LogP contribution in [0.1, 0.15) is 138 Å². The minimum absolute atomic E-state index is 0.0738. The van der Waals surface area contributed by atoms with Gasteiger partial charge in [0.15, 0.2) is 5.03 Å². The number of alkyl halides is 9. The maximum atomic E-state index is 13.6. The maximum Gasteiger partial charge on any atom is 0.417 e. The van der Waals surface area contributed by atoms with E-state index >= 15 is 0 Å². The van der Waals surface area contributed by atoms with E-state index in [1.54, 1.807) is 13.8 Å². The molecule has 18 nitrogen and oxygen atoms in total. The Morgan fingerprint density at radius 2 is 0.987 bits per heavy atom. The first kappa shape index (κ1) is 56.0. The Kier molecular flexibility index (Phi) is 13.6. The zero-order chi connectivity index (χ0) is 57.1. The smallest absolute Gasteiger partial charge is 0.374 e. The monoisotopic (exact) mass is 1080 g/mol. The summed E-state index contributed by atoms with van der Waals surface area (Å²) in [5.74, 6) is -0.529. The molecule has 27 heteroatoms. The van der Waals surface area contributed by atoms with Gasteiger partial charge in [-0.15, -0.1) is 0 Å². The number of hydrogen-bond acceptors (Lipinski definition) is 11. The predicted octanol–water partition coefficient (Wildman–Crippen LogP) is 12.4. The number of pyridine rings is 3. The Balaban J connectivity index is 0.000000166. The van der Waals surface area contributed by atoms with Gasteiger partial charge in [0.2, 0.25) is 11.1 Å². The highest BCUT2D eigenvalue weighted by molar-refractivity contribution is 5.99. The number of aromatic nitrogens is 3. The van der Waals surface area contributed by atoms with Gasteiger partial charge in [0, 0.05) is 44.9 Å². The summed E-state index contributed by atoms with van der Waals surface area (Å²) < 4.78 is 121. The predicted molar refractivity (Wildman–Crippen MR) is 265 cm³/mol. The highest BCUT2D eigenvalue weighted by Gasteiger charge is 2.46. The fourth-order valence-corrected chi connectivity index (χ4v) is 11.2. The fourth-order valence-electron chi connectivity index (χ4n) is 11.2. The van der Waals surface area contributed by atoms with Crippen LogP contribution in [0.2, 0.25) is 0 Å². The van der Waals surface area contributed by atoms with Crippen molar-refractivity contribution < 1.29 is 54.4 Å². The lowest BCUT2D eigenvalue weighted by molar-refractivity contribution is -0.507. The summed E-state index contributed by atoms with van der Waals surface area (Å²) in [5, 5.41) is 40.5. The van der Waals surface area contributed by atoms with Crippen LogP contribution < -0.4 is 32.3 Å². The third-order valence-corrected chi connectivity index (χ3v) is 13.9. The molecule has 3 aromatic carbocycles. The van der Waals surface area contributed by atoms with Crippen molar-refractivity contribution in [3.63, 3.8) is 0 Å². The maximum absolute atomic E-state index is 13.6. The largest absolute Gasteiger partial charge is 0.417 e. The first-order chi connectivity index (χ1) is 34.7. The molecular formula is C49H50F9N9O9. The second-order valence-electron chi connectivity index (χ2n) is 21.4. The van der Waals surface area contributed by atoms with Crippen LogP contribution >= 0.6 is 0 Å². The Bertz CT molecular complexity index is 3620. The molecule has 3 aliphatic rings. The first-order valence-electron chi connectivity index (χ1n) is 23.4. The highest BCUT2D eigenvalue weighted by atomic mass is 19.4. The molecule has 0 saturated heterocycles. The third kappa shape index (κ3) is 10.3. The van der Waals surface area contributed by atoms with E-state index in [0.717, 1.165) is 11.9 Å². The molecule has 0 radical (unpaired) electrons. The summed E-state index contributed by atoms with van der Waals surface area (Å²) >= 11 is 0. The molecule has 6 aromatic rings. The van der Waals surface area contributed by atoms with Crippen molar-refractivity contribution in [2.75, 3.05) is 15.6 Å². The number of nitrogens with zero attached hydrogens (tertiary/aromatic N) is 4. The minimum atomic E-state index is -4.80. The molecule has 0 spiro atoms. The molecule has 0 amide bonds. The summed E-state index contributed by atoms with van der Waals surface area (Å²) in [4.78, 5) is 75.6. The van der Waals surface area contributed by atoms with Crippen molar-refractivity contribution in [2.45, 2.75) is 141 Å². The van der Waals surface area contributed by atoms with Gasteiger partial charge in [-0.3, -0.25) is 34.6 Å². The van der Waals surface area contributed by atoms with E-state index < -0.39 is 111 Å². The number of hydrogen-bond donors (Lipinski definition) is 5. The molecule has 0 aliphatic carbocycles. The molecule has 0 fully saturated rings. The van der Waals surface area contributed by atoms with Crippen molar-refractivity contribution in [1.29, 1.82) is 0 Å². The standard InChI is InChI=1S/C17H18F3N3O3.2C16H16F3N3O3/c1-7-6-16(3,4)22-13-9(7)5-10-11(17(18,19)20)8(2)15(24)21-12(10)14(13)23(25)26;1-8-7-15(2,3)21(22(24)25)13-6-12-10(4-9(8)13)11(16(17,18)19)5-14(23)20-12;1-7-6-15(2,3)21-13-8(7)4-9-10(16(17,18)19)5-11(23)20-12(9)14(13)22(24)25/h5,7,22H,6H2,1-4H3,(H,21,24);4-6,8H,7H2,1-3H3,(H,20,23);4-5,7,21H,6H2,1-3H3,(H,20,23). The van der Waals surface area contributed by atoms with Gasteiger partial charge in [-0.1, -0.05) is 25.8 Å². The fraction of sp³-hybridized carbons (Fsp3) is 0.449. The first-order valence-corrected chi connectivity index (χ1v) is 23.4. The molecule has 5 N–H and O–H groups in total. The van der Waals surface area contributed by atoms with E-state index in [2.05, 4.69) is 25.6 Å². The number of nitrogens with one attached hydrogen (secondary N) is 5. The van der Waals surface area contributed by atoms with Crippen LogP contribution in [0.25, 0.3) is 32.7 Å². The van der Waals surface area contributed by atoms with Gasteiger partial charge in [0.25, 0.3) is 5.56 Å². The zero-order valence-electron chi connectivity index (χ0n) is 42.2. The topological polar surface area (TPSA) is 255 Å². The van der Waals surface area contributed by atoms with Crippen molar-refractivity contribution in [3.8, 4) is 0 Å². The molecule has 3 aliphatic heterocycles. The lowest BCUT2D eigenvalue weighted by Gasteiger charge is -2.39. The highest BCUT2D eigenvalue weighted by Crippen LogP contribution is 2.51. The van der Waals surface area contributed by atoms with Crippen LogP contribution in [-0.2, 0) is 18.5 Å². The average Bonchev–Trinajstić information content (AvgIpc) is 3.22. The molecule has 3 atom stereocenters. The zero-order valence-corrected chi connectivity index (χ0v) is 42.2. The van der Waals surface area contributed by atoms with Gasteiger partial charge in [-0.2, -0.15) is 39.5 Å². The van der Waals surface area contributed by atoms with Crippen molar-refractivity contribution >= 4 is 61.1 Å². The molecule has 408 valence electrons. The van der Waals surface area contributed by atoms with Crippen LogP contribution in [0.5, 0.6) is 0 Å². The molecule has 0 bridgehead atoms. The number of H-pyrrole nitrogens is 3. The van der Waals surface area contributed by atoms with E-state index in [-0.39, 0.29) is 56.5 Å². The molecule has 76 heavy (non-hydrogen) atoms. The number of anilines is 3. The second-order valence-corrected chi connectivity index (χ2v) is 21.4. The van der Waals surface area contributed by atoms with Crippen LogP contribution in [0.3, 0.4) is 0 Å². The molecule has 3 aromatic heterocycles. The summed E-state index contributed by atoms with van der Waals surface area (Å²) in [6.45, 7) is 17.4. The van der Waals surface area contributed by atoms with Gasteiger partial charge < -0.3 is 25.6 Å². The quantitative estimate of drug-likeness (QED) is 0.0630. The summed E-state index contributed by atoms with van der Waals surface area (Å²) in [7, 11) is 0. The van der Waals surface area contributed by atoms with Crippen LogP contribution in [0.15, 0.2) is 50.8 Å². The summed E-state index contributed by atoms with van der Waals surface area (Å²) in [6, 6.07) is 6.13. The minimum Gasteiger partial charge on any atom is -0.374 e. The van der Waals surface area contributed by atoms with E-state index in [4.69, 9.17) is 0 Å². The normalized spacial score (nSPS) is 19.4. The number of nitro groups is 3. The summed E-state index contributed by atoms with van der Waals surface area (Å²) in [5.41, 5.74) is -8.61. The number of fused-ring (bicyclic) bond motifs is 6. The lowest BCUT2D eigenvalue weighted by atomic mass is 9.80. The number of nitro benzene ring substituents is 2. The molecule has 6 heterocycles. The Morgan fingerprint density at radius 3 is 1.43 bits per heavy atom. The van der Waals surface area contributed by atoms with Crippen LogP contribution in [0.4, 0.5) is 68.0 Å². The van der Waals surface area contributed by atoms with Gasteiger partial charge in [-0.25, -0.2) is 10.1 Å². The second kappa shape index (κ2) is 18.5. The van der Waals surface area contributed by atoms with E-state index in [0.29, 0.717) is 48.1 Å². The van der Waals surface area contributed by atoms with Crippen LogP contribution in [-0.4, -0.2) is 46.4 Å². The third-order valence-electron chi connectivity index (χ3n) is 13.9. The molecule has 3 unspecified atom stereocenters. The number of hydrazine groups is 1. The molecular weight excluding hydrogens is 1030 g/mol. The Morgan fingerprint density at radius 1 is 0.566 bits per heavy atom. The van der Waals surface area contributed by atoms with E-state index in [9.17, 15) is 84.2 Å². The van der Waals surface area contributed by atoms with Gasteiger partial charge in [-0.05, 0) is 126 Å². The van der Waals surface area contributed by atoms with Gasteiger partial charge >= 0.3 is 29.9 Å². The average molecular weight is 1080 g/mol. The number of halogens is 9. The summed E-state index contributed by atoms with van der Waals surface area (Å²) in [6.07, 6.45) is -12.7. The number of benzene rings is 3. The van der Waals surface area contributed by atoms with Gasteiger partial charge in [0.1, 0.15) is 33.6 Å². The SMILES string of the molecule is CC1CC(C)(C)N([N+](=O)[O-])c2cc3[nH]c(=O)cc(C(F)(F)F)c3cc21.CC1CC(C)(C)Nc2c1cc1c(C(F)(F)F)cc(=O)[nH]c1c2[N+](=O)[O-].Cc1c(C(F)(F)F)c2cc3c(c([N+](=O)[O-])c2[nH]c1=O)NC(C)(C)CC3C. The lowest BCUT2D eigenvalue weighted by Crippen LogP contribution is -2.51. The van der Waals surface area contributed by atoms with Crippen molar-refractivity contribution in [2.24, 2.45) is 0 Å². The number of rotatable bonds is 3. The van der Waals surface area contributed by atoms with Crippen molar-refractivity contribution in [3.05, 3.63) is 137 Å². The number of aromatic amines is 3. The molecule has 9 rings (SSSR count).